The molecular formula is C11H14N2O. The molecule has 1 amide bonds. The molecule has 1 aromatic carbocycles. The SMILES string of the molecule is CNCC1c2ccccc2C(=O)N1C. The fraction of sp³-hybridized carbons (Fsp3) is 0.364. The first-order chi connectivity index (χ1) is 6.75. The van der Waals surface area contributed by atoms with Crippen molar-refractivity contribution in [2.75, 3.05) is 20.6 Å². The monoisotopic (exact) mass is 190 g/mol. The molecule has 0 aliphatic carbocycles. The van der Waals surface area contributed by atoms with E-state index in [2.05, 4.69) is 5.32 Å². The van der Waals surface area contributed by atoms with Crippen LogP contribution in [0.4, 0.5) is 0 Å². The van der Waals surface area contributed by atoms with Crippen LogP contribution in [0.1, 0.15) is 22.0 Å². The molecule has 1 heterocycles. The first kappa shape index (κ1) is 9.21. The lowest BCUT2D eigenvalue weighted by Crippen LogP contribution is -2.29. The van der Waals surface area contributed by atoms with Crippen molar-refractivity contribution < 1.29 is 4.79 Å². The lowest BCUT2D eigenvalue weighted by molar-refractivity contribution is 0.0774. The summed E-state index contributed by atoms with van der Waals surface area (Å²) in [5.74, 6) is 0.126. The lowest BCUT2D eigenvalue weighted by atomic mass is 10.1. The van der Waals surface area contributed by atoms with Crippen LogP contribution < -0.4 is 5.32 Å². The number of carbonyl (C=O) groups excluding carboxylic acids is 1. The molecule has 1 N–H and O–H groups in total. The maximum atomic E-state index is 11.8. The van der Waals surface area contributed by atoms with E-state index < -0.39 is 0 Å². The Bertz CT molecular complexity index is 362. The van der Waals surface area contributed by atoms with Crippen LogP contribution in [0.3, 0.4) is 0 Å². The second-order valence-electron chi connectivity index (χ2n) is 3.58. The Kier molecular flexibility index (Phi) is 2.25. The van der Waals surface area contributed by atoms with Gasteiger partial charge in [-0.3, -0.25) is 4.79 Å². The summed E-state index contributed by atoms with van der Waals surface area (Å²) < 4.78 is 0. The van der Waals surface area contributed by atoms with Crippen molar-refractivity contribution >= 4 is 5.91 Å². The van der Waals surface area contributed by atoms with Gasteiger partial charge in [-0.15, -0.1) is 0 Å². The number of nitrogens with one attached hydrogen (secondary N) is 1. The van der Waals surface area contributed by atoms with Crippen LogP contribution in [0.5, 0.6) is 0 Å². The number of rotatable bonds is 2. The fourth-order valence-electron chi connectivity index (χ4n) is 1.96. The number of benzene rings is 1. The summed E-state index contributed by atoms with van der Waals surface area (Å²) in [6.45, 7) is 0.805. The van der Waals surface area contributed by atoms with Gasteiger partial charge in [0, 0.05) is 19.2 Å². The molecule has 1 aliphatic heterocycles. The van der Waals surface area contributed by atoms with Crippen molar-refractivity contribution in [3.05, 3.63) is 35.4 Å². The zero-order valence-electron chi connectivity index (χ0n) is 8.45. The van der Waals surface area contributed by atoms with E-state index >= 15 is 0 Å². The van der Waals surface area contributed by atoms with Gasteiger partial charge in [0.05, 0.1) is 6.04 Å². The smallest absolute Gasteiger partial charge is 0.254 e. The minimum atomic E-state index is 0.126. The van der Waals surface area contributed by atoms with E-state index in [9.17, 15) is 4.79 Å². The van der Waals surface area contributed by atoms with Crippen LogP contribution in [0.25, 0.3) is 0 Å². The normalized spacial score (nSPS) is 20.0. The highest BCUT2D eigenvalue weighted by atomic mass is 16.2. The predicted molar refractivity (Wildman–Crippen MR) is 55.2 cm³/mol. The molecule has 14 heavy (non-hydrogen) atoms. The minimum Gasteiger partial charge on any atom is -0.333 e. The summed E-state index contributed by atoms with van der Waals surface area (Å²) in [5, 5.41) is 3.11. The summed E-state index contributed by atoms with van der Waals surface area (Å²) in [4.78, 5) is 13.6. The van der Waals surface area contributed by atoms with Crippen LogP contribution in [0.15, 0.2) is 24.3 Å². The van der Waals surface area contributed by atoms with E-state index in [0.29, 0.717) is 0 Å². The van der Waals surface area contributed by atoms with Crippen molar-refractivity contribution in [2.45, 2.75) is 6.04 Å². The van der Waals surface area contributed by atoms with Gasteiger partial charge in [0.2, 0.25) is 0 Å². The number of nitrogens with zero attached hydrogens (tertiary/aromatic N) is 1. The standard InChI is InChI=1S/C11H14N2O/c1-12-7-10-8-5-3-4-6-9(8)11(14)13(10)2/h3-6,10,12H,7H2,1-2H3. The predicted octanol–water partition coefficient (Wildman–Crippen LogP) is 1.03. The minimum absolute atomic E-state index is 0.126. The van der Waals surface area contributed by atoms with Crippen molar-refractivity contribution in [2.24, 2.45) is 0 Å². The number of amides is 1. The molecule has 0 radical (unpaired) electrons. The first-order valence-electron chi connectivity index (χ1n) is 4.76. The molecule has 74 valence electrons. The average Bonchev–Trinajstić information content (AvgIpc) is 2.45. The molecule has 0 spiro atoms. The van der Waals surface area contributed by atoms with E-state index in [0.717, 1.165) is 17.7 Å². The van der Waals surface area contributed by atoms with E-state index in [-0.39, 0.29) is 11.9 Å². The summed E-state index contributed by atoms with van der Waals surface area (Å²) >= 11 is 0. The first-order valence-corrected chi connectivity index (χ1v) is 4.76. The number of carbonyl (C=O) groups is 1. The number of fused-ring (bicyclic) bond motifs is 1. The average molecular weight is 190 g/mol. The molecule has 0 saturated carbocycles. The Morgan fingerprint density at radius 3 is 2.86 bits per heavy atom. The number of hydrogen-bond donors (Lipinski definition) is 1. The fourth-order valence-corrected chi connectivity index (χ4v) is 1.96. The second kappa shape index (κ2) is 3.42. The maximum absolute atomic E-state index is 11.8. The van der Waals surface area contributed by atoms with Crippen LogP contribution >= 0.6 is 0 Å². The van der Waals surface area contributed by atoms with Gasteiger partial charge in [0.1, 0.15) is 0 Å². The summed E-state index contributed by atoms with van der Waals surface area (Å²) in [6, 6.07) is 7.99. The Balaban J connectivity index is 2.42. The Hall–Kier alpha value is -1.35. The quantitative estimate of drug-likeness (QED) is 0.755. The highest BCUT2D eigenvalue weighted by Crippen LogP contribution is 2.31. The van der Waals surface area contributed by atoms with Crippen LogP contribution in [0, 0.1) is 0 Å². The van der Waals surface area contributed by atoms with Gasteiger partial charge in [0.25, 0.3) is 5.91 Å². The zero-order chi connectivity index (χ0) is 10.1. The largest absolute Gasteiger partial charge is 0.333 e. The van der Waals surface area contributed by atoms with Crippen molar-refractivity contribution in [3.63, 3.8) is 0 Å². The van der Waals surface area contributed by atoms with Crippen LogP contribution in [-0.4, -0.2) is 31.4 Å². The molecule has 0 bridgehead atoms. The van der Waals surface area contributed by atoms with Gasteiger partial charge in [0.15, 0.2) is 0 Å². The van der Waals surface area contributed by atoms with Crippen molar-refractivity contribution in [1.29, 1.82) is 0 Å². The van der Waals surface area contributed by atoms with Gasteiger partial charge in [-0.1, -0.05) is 18.2 Å². The zero-order valence-corrected chi connectivity index (χ0v) is 8.45. The molecule has 1 unspecified atom stereocenters. The maximum Gasteiger partial charge on any atom is 0.254 e. The molecule has 3 heteroatoms. The van der Waals surface area contributed by atoms with E-state index in [1.54, 1.807) is 4.90 Å². The van der Waals surface area contributed by atoms with Crippen molar-refractivity contribution in [3.8, 4) is 0 Å². The van der Waals surface area contributed by atoms with E-state index in [4.69, 9.17) is 0 Å². The number of hydrogen-bond acceptors (Lipinski definition) is 2. The third-order valence-electron chi connectivity index (χ3n) is 2.74. The molecule has 3 nitrogen and oxygen atoms in total. The molecule has 0 aromatic heterocycles. The molecule has 1 aromatic rings. The van der Waals surface area contributed by atoms with Crippen LogP contribution in [-0.2, 0) is 0 Å². The molecule has 2 rings (SSSR count). The van der Waals surface area contributed by atoms with Crippen LogP contribution in [0.2, 0.25) is 0 Å². The third kappa shape index (κ3) is 1.21. The van der Waals surface area contributed by atoms with Gasteiger partial charge < -0.3 is 10.2 Å². The molecule has 0 fully saturated rings. The summed E-state index contributed by atoms with van der Waals surface area (Å²) in [7, 11) is 3.75. The second-order valence-corrected chi connectivity index (χ2v) is 3.58. The Morgan fingerprint density at radius 2 is 2.14 bits per heavy atom. The third-order valence-corrected chi connectivity index (χ3v) is 2.74. The Labute approximate surface area is 83.7 Å². The molecule has 0 saturated heterocycles. The molecule has 1 aliphatic rings. The van der Waals surface area contributed by atoms with E-state index in [1.165, 1.54) is 0 Å². The molecule has 1 atom stereocenters. The van der Waals surface area contributed by atoms with Gasteiger partial charge in [-0.25, -0.2) is 0 Å². The topological polar surface area (TPSA) is 32.3 Å². The highest BCUT2D eigenvalue weighted by Gasteiger charge is 2.32. The summed E-state index contributed by atoms with van der Waals surface area (Å²) in [5.41, 5.74) is 1.98. The summed E-state index contributed by atoms with van der Waals surface area (Å²) in [6.07, 6.45) is 0. The Morgan fingerprint density at radius 1 is 1.43 bits per heavy atom. The van der Waals surface area contributed by atoms with Gasteiger partial charge in [-0.05, 0) is 18.7 Å². The highest BCUT2D eigenvalue weighted by molar-refractivity contribution is 5.99. The van der Waals surface area contributed by atoms with Crippen molar-refractivity contribution in [1.82, 2.24) is 10.2 Å². The molecular weight excluding hydrogens is 176 g/mol. The lowest BCUT2D eigenvalue weighted by Gasteiger charge is -2.19. The van der Waals surface area contributed by atoms with Gasteiger partial charge in [-0.2, -0.15) is 0 Å². The van der Waals surface area contributed by atoms with Gasteiger partial charge >= 0.3 is 0 Å². The van der Waals surface area contributed by atoms with E-state index in [1.807, 2.05) is 38.4 Å². The number of likely N-dealkylation sites (N-methyl/N-ethyl adjacent to an activating group) is 2.